The highest BCUT2D eigenvalue weighted by Gasteiger charge is 2.39. The minimum Gasteiger partial charge on any atom is -0.322 e. The number of anilines is 1. The molecule has 2 aromatic rings. The maximum Gasteiger partial charge on any atom is 0.416 e. The van der Waals surface area contributed by atoms with Crippen molar-refractivity contribution in [3.05, 3.63) is 65.0 Å². The van der Waals surface area contributed by atoms with Crippen molar-refractivity contribution in [2.75, 3.05) is 32.1 Å². The number of urea groups is 1. The number of nitrogens with zero attached hydrogens (tertiary/aromatic N) is 2. The Hall–Kier alpha value is -2.53. The van der Waals surface area contributed by atoms with E-state index in [1.54, 1.807) is 12.1 Å². The second kappa shape index (κ2) is 9.76. The molecule has 1 aliphatic heterocycles. The van der Waals surface area contributed by atoms with Gasteiger partial charge in [0.15, 0.2) is 0 Å². The number of rotatable bonds is 3. The molecule has 0 aromatic heterocycles. The van der Waals surface area contributed by atoms with Crippen molar-refractivity contribution in [3.63, 3.8) is 0 Å². The summed E-state index contributed by atoms with van der Waals surface area (Å²) < 4.78 is 92.2. The normalized spacial score (nSPS) is 18.6. The van der Waals surface area contributed by atoms with Gasteiger partial charge in [0.2, 0.25) is 0 Å². The first kappa shape index (κ1) is 26.7. The Morgan fingerprint density at radius 2 is 1.42 bits per heavy atom. The second-order valence-electron chi connectivity index (χ2n) is 7.60. The standard InChI is InChI=1S/C21H20F7N3O.ClH/c1-30(16-8-13(20(23,24)25)7-14(9-16)21(26,27)28)19(32)31(2)18-11-29-10-17(18)12-3-5-15(22)6-4-12;/h3-9,17-18,29H,10-11H2,1-2H3;1H/t17-,18+;/m0./s1. The lowest BCUT2D eigenvalue weighted by Crippen LogP contribution is -2.47. The van der Waals surface area contributed by atoms with Crippen molar-refractivity contribution in [2.24, 2.45) is 0 Å². The number of benzene rings is 2. The van der Waals surface area contributed by atoms with Crippen LogP contribution < -0.4 is 10.2 Å². The quantitative estimate of drug-likeness (QED) is 0.564. The summed E-state index contributed by atoms with van der Waals surface area (Å²) >= 11 is 0. The zero-order valence-electron chi connectivity index (χ0n) is 17.5. The van der Waals surface area contributed by atoms with E-state index in [1.165, 1.54) is 24.1 Å². The monoisotopic (exact) mass is 499 g/mol. The van der Waals surface area contributed by atoms with Crippen molar-refractivity contribution in [1.29, 1.82) is 0 Å². The topological polar surface area (TPSA) is 35.6 Å². The number of likely N-dealkylation sites (N-methyl/N-ethyl adjacent to an activating group) is 1. The van der Waals surface area contributed by atoms with Crippen LogP contribution in [0, 0.1) is 5.82 Å². The summed E-state index contributed by atoms with van der Waals surface area (Å²) in [5.74, 6) is -0.657. The summed E-state index contributed by atoms with van der Waals surface area (Å²) in [5, 5.41) is 3.10. The third-order valence-corrected chi connectivity index (χ3v) is 5.53. The van der Waals surface area contributed by atoms with Crippen LogP contribution in [0.5, 0.6) is 0 Å². The van der Waals surface area contributed by atoms with Gasteiger partial charge in [-0.3, -0.25) is 4.90 Å². The van der Waals surface area contributed by atoms with Gasteiger partial charge in [0.05, 0.1) is 17.2 Å². The van der Waals surface area contributed by atoms with Gasteiger partial charge in [-0.15, -0.1) is 12.4 Å². The molecule has 1 fully saturated rings. The average molecular weight is 500 g/mol. The minimum atomic E-state index is -5.02. The van der Waals surface area contributed by atoms with Gasteiger partial charge in [0.1, 0.15) is 5.82 Å². The summed E-state index contributed by atoms with van der Waals surface area (Å²) in [5.41, 5.74) is -2.79. The van der Waals surface area contributed by atoms with Crippen LogP contribution in [0.2, 0.25) is 0 Å². The van der Waals surface area contributed by atoms with Crippen molar-refractivity contribution < 1.29 is 35.5 Å². The van der Waals surface area contributed by atoms with Gasteiger partial charge >= 0.3 is 18.4 Å². The summed E-state index contributed by atoms with van der Waals surface area (Å²) in [6, 6.07) is 5.50. The number of alkyl halides is 6. The van der Waals surface area contributed by atoms with Crippen LogP contribution in [0.25, 0.3) is 0 Å². The van der Waals surface area contributed by atoms with Gasteiger partial charge in [0, 0.05) is 38.8 Å². The van der Waals surface area contributed by atoms with E-state index in [0.29, 0.717) is 25.2 Å². The third kappa shape index (κ3) is 5.89. The van der Waals surface area contributed by atoms with E-state index in [4.69, 9.17) is 0 Å². The van der Waals surface area contributed by atoms with Crippen molar-refractivity contribution in [3.8, 4) is 0 Å². The molecular formula is C21H21ClF7N3O. The van der Waals surface area contributed by atoms with Gasteiger partial charge in [-0.05, 0) is 35.9 Å². The number of carbonyl (C=O) groups is 1. The average Bonchev–Trinajstić information content (AvgIpc) is 3.21. The molecule has 182 valence electrons. The molecule has 1 N–H and O–H groups in total. The summed E-state index contributed by atoms with van der Waals surface area (Å²) in [6.45, 7) is 0.827. The van der Waals surface area contributed by atoms with Gasteiger partial charge < -0.3 is 10.2 Å². The maximum atomic E-state index is 13.2. The fraction of sp³-hybridized carbons (Fsp3) is 0.381. The third-order valence-electron chi connectivity index (χ3n) is 5.53. The zero-order valence-corrected chi connectivity index (χ0v) is 18.3. The van der Waals surface area contributed by atoms with E-state index in [-0.39, 0.29) is 24.4 Å². The highest BCUT2D eigenvalue weighted by atomic mass is 35.5. The number of halogens is 8. The molecule has 0 radical (unpaired) electrons. The predicted octanol–water partition coefficient (Wildman–Crippen LogP) is 5.53. The lowest BCUT2D eigenvalue weighted by atomic mass is 9.93. The van der Waals surface area contributed by atoms with Crippen LogP contribution in [0.4, 0.5) is 41.2 Å². The second-order valence-corrected chi connectivity index (χ2v) is 7.60. The Bertz CT molecular complexity index is 947. The van der Waals surface area contributed by atoms with E-state index in [0.717, 1.165) is 17.5 Å². The molecule has 1 heterocycles. The summed E-state index contributed by atoms with van der Waals surface area (Å²) in [4.78, 5) is 15.0. The van der Waals surface area contributed by atoms with Gasteiger partial charge in [-0.2, -0.15) is 26.3 Å². The molecule has 2 aromatic carbocycles. The van der Waals surface area contributed by atoms with E-state index in [1.807, 2.05) is 0 Å². The van der Waals surface area contributed by atoms with Gasteiger partial charge in [-0.25, -0.2) is 9.18 Å². The SMILES string of the molecule is CN(C(=O)N(C)[C@@H]1CNC[C@H]1c1ccc(F)cc1)c1cc(C(F)(F)F)cc(C(F)(F)F)c1.Cl. The van der Waals surface area contributed by atoms with Crippen LogP contribution in [0.3, 0.4) is 0 Å². The van der Waals surface area contributed by atoms with Crippen molar-refractivity contribution in [2.45, 2.75) is 24.3 Å². The Morgan fingerprint density at radius 1 is 0.909 bits per heavy atom. The number of nitrogens with one attached hydrogen (secondary N) is 1. The molecule has 0 unspecified atom stereocenters. The largest absolute Gasteiger partial charge is 0.416 e. The molecule has 4 nitrogen and oxygen atoms in total. The van der Waals surface area contributed by atoms with Crippen LogP contribution in [0.15, 0.2) is 42.5 Å². The highest BCUT2D eigenvalue weighted by Crippen LogP contribution is 2.38. The molecule has 0 bridgehead atoms. The molecule has 1 saturated heterocycles. The maximum absolute atomic E-state index is 13.2. The lowest BCUT2D eigenvalue weighted by Gasteiger charge is -2.33. The van der Waals surface area contributed by atoms with Gasteiger partial charge in [-0.1, -0.05) is 12.1 Å². The van der Waals surface area contributed by atoms with Crippen LogP contribution in [-0.4, -0.2) is 44.2 Å². The Labute approximate surface area is 191 Å². The smallest absolute Gasteiger partial charge is 0.322 e. The number of hydrogen-bond donors (Lipinski definition) is 1. The molecular weight excluding hydrogens is 479 g/mol. The molecule has 0 saturated carbocycles. The Morgan fingerprint density at radius 3 is 1.91 bits per heavy atom. The van der Waals surface area contributed by atoms with E-state index < -0.39 is 47.1 Å². The highest BCUT2D eigenvalue weighted by molar-refractivity contribution is 5.92. The lowest BCUT2D eigenvalue weighted by molar-refractivity contribution is -0.143. The van der Waals surface area contributed by atoms with Crippen LogP contribution >= 0.6 is 12.4 Å². The number of carbonyl (C=O) groups excluding carboxylic acids is 1. The molecule has 2 amide bonds. The minimum absolute atomic E-state index is 0. The van der Waals surface area contributed by atoms with Crippen molar-refractivity contribution in [1.82, 2.24) is 10.2 Å². The molecule has 0 aliphatic carbocycles. The van der Waals surface area contributed by atoms with Crippen LogP contribution in [0.1, 0.15) is 22.6 Å². The number of amides is 2. The molecule has 0 spiro atoms. The van der Waals surface area contributed by atoms with Crippen molar-refractivity contribution >= 4 is 24.1 Å². The fourth-order valence-corrected chi connectivity index (χ4v) is 3.74. The number of hydrogen-bond acceptors (Lipinski definition) is 2. The molecule has 12 heteroatoms. The first-order chi connectivity index (χ1) is 14.8. The van der Waals surface area contributed by atoms with Crippen LogP contribution in [-0.2, 0) is 12.4 Å². The van der Waals surface area contributed by atoms with E-state index in [2.05, 4.69) is 5.32 Å². The Balaban J connectivity index is 0.00000385. The first-order valence-electron chi connectivity index (χ1n) is 9.55. The predicted molar refractivity (Wildman–Crippen MR) is 111 cm³/mol. The zero-order chi connectivity index (χ0) is 23.8. The molecule has 2 atom stereocenters. The summed E-state index contributed by atoms with van der Waals surface area (Å²) in [7, 11) is 2.54. The van der Waals surface area contributed by atoms with E-state index in [9.17, 15) is 35.5 Å². The van der Waals surface area contributed by atoms with Gasteiger partial charge in [0.25, 0.3) is 0 Å². The molecule has 3 rings (SSSR count). The first-order valence-corrected chi connectivity index (χ1v) is 9.55. The Kier molecular flexibility index (Phi) is 7.90. The molecule has 33 heavy (non-hydrogen) atoms. The molecule has 1 aliphatic rings. The fourth-order valence-electron chi connectivity index (χ4n) is 3.74. The van der Waals surface area contributed by atoms with E-state index >= 15 is 0 Å². The summed E-state index contributed by atoms with van der Waals surface area (Å²) in [6.07, 6.45) is -10.0.